The number of nitrogens with zero attached hydrogens (tertiary/aromatic N) is 1. The van der Waals surface area contributed by atoms with Crippen molar-refractivity contribution in [3.63, 3.8) is 0 Å². The molecule has 1 heterocycles. The van der Waals surface area contributed by atoms with Gasteiger partial charge in [-0.05, 0) is 25.0 Å². The van der Waals surface area contributed by atoms with Crippen molar-refractivity contribution in [3.05, 3.63) is 60.2 Å². The summed E-state index contributed by atoms with van der Waals surface area (Å²) in [5.74, 6) is 1.06. The SMILES string of the molecule is COc1cccc(N2CC[NH+]([C@@H](C(=O)NC3CC3)c3ccccc3)CC2)c1. The van der Waals surface area contributed by atoms with Gasteiger partial charge in [0.25, 0.3) is 5.91 Å². The van der Waals surface area contributed by atoms with Crippen LogP contribution in [0.25, 0.3) is 0 Å². The Kier molecular flexibility index (Phi) is 5.30. The van der Waals surface area contributed by atoms with Gasteiger partial charge in [0.1, 0.15) is 5.75 Å². The first-order chi connectivity index (χ1) is 13.2. The van der Waals surface area contributed by atoms with E-state index in [0.29, 0.717) is 6.04 Å². The molecule has 5 nitrogen and oxygen atoms in total. The smallest absolute Gasteiger partial charge is 0.283 e. The van der Waals surface area contributed by atoms with Crippen LogP contribution in [-0.4, -0.2) is 45.2 Å². The number of ether oxygens (including phenoxy) is 1. The monoisotopic (exact) mass is 366 g/mol. The molecule has 1 atom stereocenters. The molecule has 1 saturated carbocycles. The van der Waals surface area contributed by atoms with E-state index in [1.807, 2.05) is 30.3 Å². The number of amides is 1. The van der Waals surface area contributed by atoms with E-state index in [-0.39, 0.29) is 11.9 Å². The number of rotatable bonds is 6. The van der Waals surface area contributed by atoms with Crippen LogP contribution < -0.4 is 19.9 Å². The second-order valence-corrected chi connectivity index (χ2v) is 7.47. The number of quaternary nitrogens is 1. The third-order valence-electron chi connectivity index (χ3n) is 5.55. The fourth-order valence-electron chi connectivity index (χ4n) is 3.88. The lowest BCUT2D eigenvalue weighted by atomic mass is 10.0. The predicted molar refractivity (Wildman–Crippen MR) is 106 cm³/mol. The third kappa shape index (κ3) is 4.25. The number of anilines is 1. The highest BCUT2D eigenvalue weighted by molar-refractivity contribution is 5.82. The minimum absolute atomic E-state index is 0.126. The topological polar surface area (TPSA) is 46.0 Å². The van der Waals surface area contributed by atoms with E-state index in [0.717, 1.165) is 50.3 Å². The van der Waals surface area contributed by atoms with E-state index in [9.17, 15) is 4.79 Å². The van der Waals surface area contributed by atoms with Crippen molar-refractivity contribution >= 4 is 11.6 Å². The van der Waals surface area contributed by atoms with Crippen LogP contribution in [0.15, 0.2) is 54.6 Å². The molecule has 2 aromatic carbocycles. The van der Waals surface area contributed by atoms with Gasteiger partial charge in [0.2, 0.25) is 0 Å². The van der Waals surface area contributed by atoms with Crippen LogP contribution >= 0.6 is 0 Å². The van der Waals surface area contributed by atoms with Gasteiger partial charge in [-0.25, -0.2) is 0 Å². The average molecular weight is 366 g/mol. The fraction of sp³-hybridized carbons (Fsp3) is 0.409. The molecule has 142 valence electrons. The van der Waals surface area contributed by atoms with Gasteiger partial charge in [0, 0.05) is 23.4 Å². The quantitative estimate of drug-likeness (QED) is 0.813. The zero-order valence-electron chi connectivity index (χ0n) is 15.9. The molecule has 0 spiro atoms. The summed E-state index contributed by atoms with van der Waals surface area (Å²) in [6.45, 7) is 3.74. The summed E-state index contributed by atoms with van der Waals surface area (Å²) in [5.41, 5.74) is 2.30. The molecule has 0 unspecified atom stereocenters. The molecule has 27 heavy (non-hydrogen) atoms. The van der Waals surface area contributed by atoms with Crippen molar-refractivity contribution in [1.82, 2.24) is 5.32 Å². The highest BCUT2D eigenvalue weighted by Gasteiger charge is 2.36. The maximum atomic E-state index is 13.0. The van der Waals surface area contributed by atoms with E-state index < -0.39 is 0 Å². The summed E-state index contributed by atoms with van der Waals surface area (Å²) in [7, 11) is 1.70. The molecule has 2 aliphatic rings. The lowest BCUT2D eigenvalue weighted by Crippen LogP contribution is -3.16. The number of methoxy groups -OCH3 is 1. The number of carbonyl (C=O) groups excluding carboxylic acids is 1. The van der Waals surface area contributed by atoms with Gasteiger partial charge in [-0.3, -0.25) is 4.79 Å². The molecule has 1 aliphatic carbocycles. The molecule has 1 aliphatic heterocycles. The predicted octanol–water partition coefficient (Wildman–Crippen LogP) is 1.42. The molecule has 1 amide bonds. The average Bonchev–Trinajstić information content (AvgIpc) is 3.53. The normalized spacial score (nSPS) is 18.8. The zero-order chi connectivity index (χ0) is 18.6. The Morgan fingerprint density at radius 2 is 1.85 bits per heavy atom. The summed E-state index contributed by atoms with van der Waals surface area (Å²) >= 11 is 0. The molecule has 0 bridgehead atoms. The van der Waals surface area contributed by atoms with Crippen molar-refractivity contribution in [2.45, 2.75) is 24.9 Å². The molecule has 0 radical (unpaired) electrons. The zero-order valence-corrected chi connectivity index (χ0v) is 15.9. The van der Waals surface area contributed by atoms with E-state index in [4.69, 9.17) is 4.74 Å². The molecule has 5 heteroatoms. The minimum Gasteiger partial charge on any atom is -0.497 e. The maximum Gasteiger partial charge on any atom is 0.283 e. The second-order valence-electron chi connectivity index (χ2n) is 7.47. The number of carbonyl (C=O) groups is 1. The molecule has 1 saturated heterocycles. The lowest BCUT2D eigenvalue weighted by molar-refractivity contribution is -0.922. The molecular formula is C22H28N3O2+. The second kappa shape index (κ2) is 8.01. The first-order valence-corrected chi connectivity index (χ1v) is 9.83. The van der Waals surface area contributed by atoms with Gasteiger partial charge in [0.05, 0.1) is 33.3 Å². The van der Waals surface area contributed by atoms with Gasteiger partial charge < -0.3 is 19.9 Å². The number of hydrogen-bond acceptors (Lipinski definition) is 3. The van der Waals surface area contributed by atoms with E-state index >= 15 is 0 Å². The molecule has 0 aromatic heterocycles. The van der Waals surface area contributed by atoms with Crippen LogP contribution in [0, 0.1) is 0 Å². The molecule has 4 rings (SSSR count). The molecular weight excluding hydrogens is 338 g/mol. The van der Waals surface area contributed by atoms with Gasteiger partial charge in [0.15, 0.2) is 6.04 Å². The Balaban J connectivity index is 1.46. The molecule has 2 N–H and O–H groups in total. The van der Waals surface area contributed by atoms with Crippen LogP contribution in [0.3, 0.4) is 0 Å². The van der Waals surface area contributed by atoms with Crippen LogP contribution in [0.5, 0.6) is 5.75 Å². The standard InChI is InChI=1S/C22H27N3O2/c1-27-20-9-5-8-19(16-20)24-12-14-25(15-13-24)21(17-6-3-2-4-7-17)22(26)23-18-10-11-18/h2-9,16,18,21H,10-15H2,1H3,(H,23,26)/p+1/t21-/m1/s1. The lowest BCUT2D eigenvalue weighted by Gasteiger charge is -2.37. The molecule has 2 aromatic rings. The summed E-state index contributed by atoms with van der Waals surface area (Å²) in [6, 6.07) is 18.7. The Morgan fingerprint density at radius 3 is 2.52 bits per heavy atom. The number of nitrogens with one attached hydrogen (secondary N) is 2. The van der Waals surface area contributed by atoms with Crippen molar-refractivity contribution in [3.8, 4) is 5.75 Å². The Labute approximate surface area is 160 Å². The van der Waals surface area contributed by atoms with E-state index in [2.05, 4.69) is 34.5 Å². The van der Waals surface area contributed by atoms with Gasteiger partial charge in [-0.2, -0.15) is 0 Å². The number of hydrogen-bond donors (Lipinski definition) is 2. The van der Waals surface area contributed by atoms with E-state index in [1.165, 1.54) is 10.6 Å². The number of benzene rings is 2. The first-order valence-electron chi connectivity index (χ1n) is 9.83. The minimum atomic E-state index is -0.126. The summed E-state index contributed by atoms with van der Waals surface area (Å²) in [4.78, 5) is 16.7. The Hall–Kier alpha value is -2.53. The highest BCUT2D eigenvalue weighted by atomic mass is 16.5. The fourth-order valence-corrected chi connectivity index (χ4v) is 3.88. The van der Waals surface area contributed by atoms with Gasteiger partial charge in [-0.1, -0.05) is 36.4 Å². The maximum absolute atomic E-state index is 13.0. The van der Waals surface area contributed by atoms with Crippen LogP contribution in [0.2, 0.25) is 0 Å². The Morgan fingerprint density at radius 1 is 1.11 bits per heavy atom. The van der Waals surface area contributed by atoms with Gasteiger partial charge in [-0.15, -0.1) is 0 Å². The number of piperazine rings is 1. The van der Waals surface area contributed by atoms with E-state index in [1.54, 1.807) is 7.11 Å². The summed E-state index contributed by atoms with van der Waals surface area (Å²) < 4.78 is 5.35. The van der Waals surface area contributed by atoms with Crippen molar-refractivity contribution in [2.75, 3.05) is 38.2 Å². The van der Waals surface area contributed by atoms with Gasteiger partial charge >= 0.3 is 0 Å². The summed E-state index contributed by atoms with van der Waals surface area (Å²) in [5, 5.41) is 3.22. The summed E-state index contributed by atoms with van der Waals surface area (Å²) in [6.07, 6.45) is 2.23. The van der Waals surface area contributed by atoms with Crippen molar-refractivity contribution < 1.29 is 14.4 Å². The third-order valence-corrected chi connectivity index (χ3v) is 5.55. The van der Waals surface area contributed by atoms with Crippen molar-refractivity contribution in [1.29, 1.82) is 0 Å². The first kappa shape index (κ1) is 17.9. The van der Waals surface area contributed by atoms with Crippen LogP contribution in [-0.2, 0) is 4.79 Å². The molecule has 2 fully saturated rings. The van der Waals surface area contributed by atoms with Crippen LogP contribution in [0.4, 0.5) is 5.69 Å². The highest BCUT2D eigenvalue weighted by Crippen LogP contribution is 2.22. The van der Waals surface area contributed by atoms with Crippen molar-refractivity contribution in [2.24, 2.45) is 0 Å². The Bertz CT molecular complexity index is 768. The largest absolute Gasteiger partial charge is 0.497 e. The van der Waals surface area contributed by atoms with Crippen LogP contribution in [0.1, 0.15) is 24.4 Å².